The van der Waals surface area contributed by atoms with E-state index >= 15 is 9.59 Å². The van der Waals surface area contributed by atoms with Gasteiger partial charge in [-0.25, -0.2) is 0 Å². The molecule has 0 spiro atoms. The number of methoxy groups -OCH3 is 2. The molecule has 0 amide bonds. The van der Waals surface area contributed by atoms with Crippen LogP contribution in [0.25, 0.3) is 0 Å². The summed E-state index contributed by atoms with van der Waals surface area (Å²) in [7, 11) is 3.28. The molecule has 19 heteroatoms. The van der Waals surface area contributed by atoms with Gasteiger partial charge in [0.2, 0.25) is 0 Å². The molecule has 6 fully saturated rings. The van der Waals surface area contributed by atoms with Crippen molar-refractivity contribution >= 4 is 78.9 Å². The van der Waals surface area contributed by atoms with Gasteiger partial charge in [0.25, 0.3) is 0 Å². The van der Waals surface area contributed by atoms with Crippen molar-refractivity contribution in [1.29, 1.82) is 0 Å². The summed E-state index contributed by atoms with van der Waals surface area (Å²) in [5.41, 5.74) is 1.60. The predicted molar refractivity (Wildman–Crippen MR) is 265 cm³/mol. The molecular weight excluding hydrogens is 1200 g/mol. The van der Waals surface area contributed by atoms with E-state index in [1.165, 1.54) is 0 Å². The van der Waals surface area contributed by atoms with E-state index in [0.717, 1.165) is 102 Å². The van der Waals surface area contributed by atoms with Crippen molar-refractivity contribution in [2.75, 3.05) is 93.1 Å². The van der Waals surface area contributed by atoms with Gasteiger partial charge in [0.05, 0.1) is 0 Å². The Morgan fingerprint density at radius 2 is 0.791 bits per heavy atom. The second-order valence-corrected chi connectivity index (χ2v) is 51.2. The number of rotatable bonds is 26. The van der Waals surface area contributed by atoms with E-state index < -0.39 is 78.8 Å². The number of carbonyl (C=O) groups is 2. The molecule has 0 radical (unpaired) electrons. The Balaban J connectivity index is 1.40. The average Bonchev–Trinajstić information content (AvgIpc) is 3.30. The van der Waals surface area contributed by atoms with Crippen LogP contribution < -0.4 is 9.47 Å². The summed E-state index contributed by atoms with van der Waals surface area (Å²) in [4.78, 5) is 35.6. The summed E-state index contributed by atoms with van der Waals surface area (Å²) in [6.45, 7) is 16.5. The summed E-state index contributed by atoms with van der Waals surface area (Å²) >= 11 is -17.2. The Morgan fingerprint density at radius 1 is 0.507 bits per heavy atom. The summed E-state index contributed by atoms with van der Waals surface area (Å²) in [6.07, 6.45) is 7.04. The second kappa shape index (κ2) is 27.9. The van der Waals surface area contributed by atoms with Crippen molar-refractivity contribution in [3.63, 3.8) is 0 Å². The molecule has 15 nitrogen and oxygen atoms in total. The molecule has 2 aromatic carbocycles. The summed E-state index contributed by atoms with van der Waals surface area (Å²) in [5.74, 6) is -0.686. The number of benzene rings is 2. The van der Waals surface area contributed by atoms with Crippen molar-refractivity contribution in [2.24, 2.45) is 0 Å². The molecule has 376 valence electrons. The van der Waals surface area contributed by atoms with Crippen LogP contribution in [0.15, 0.2) is 48.5 Å². The molecule has 2 atom stereocenters. The Labute approximate surface area is 417 Å². The first-order valence-electron chi connectivity index (χ1n) is 25.3. The Kier molecular flexibility index (Phi) is 23.2. The molecule has 0 aromatic heterocycles. The second-order valence-electron chi connectivity index (χ2n) is 18.4. The zero-order chi connectivity index (χ0) is 47.6. The van der Waals surface area contributed by atoms with Crippen LogP contribution in [0.5, 0.6) is 11.5 Å². The monoisotopic (exact) mass is 1280 g/mol. The third kappa shape index (κ3) is 16.1. The van der Waals surface area contributed by atoms with E-state index in [1.807, 2.05) is 48.5 Å². The normalized spacial score (nSPS) is 24.5. The molecule has 6 saturated heterocycles. The van der Waals surface area contributed by atoms with Gasteiger partial charge in [-0.05, 0) is 0 Å². The predicted octanol–water partition coefficient (Wildman–Crippen LogP) is 8.39. The first kappa shape index (κ1) is 55.6. The maximum absolute atomic E-state index is 15.5. The molecule has 67 heavy (non-hydrogen) atoms. The number of hydrogen-bond donors (Lipinski definition) is 0. The van der Waals surface area contributed by atoms with Gasteiger partial charge < -0.3 is 0 Å². The molecule has 0 saturated carbocycles. The van der Waals surface area contributed by atoms with Crippen LogP contribution in [0.1, 0.15) is 102 Å². The van der Waals surface area contributed by atoms with Crippen molar-refractivity contribution in [3.05, 3.63) is 59.7 Å². The molecular formula is C48H80Ge2N2O13Sn2. The number of carbonyl (C=O) groups excluding carboxylic acids is 2. The SMILES string of the molecule is CCC[CH2][Sn]([CH2]CCC)([O]C(=O)C([CH2][Ge]12[O]CCN(CC[O]1)CC[O]2)c1ccc(OC)cc1)[O][Sn]([CH2]CCC)([CH2]CCC)[O]C(=O)C([CH2][Ge]12[O]CCN(CC[O]1)CC[O]2)c1ccc(OC)cc1. The molecule has 2 unspecified atom stereocenters. The van der Waals surface area contributed by atoms with Crippen LogP contribution in [-0.4, -0.2) is 182 Å². The van der Waals surface area contributed by atoms with Crippen LogP contribution >= 0.6 is 0 Å². The minimum atomic E-state index is -4.59. The molecule has 2 aromatic rings. The van der Waals surface area contributed by atoms with Crippen LogP contribution in [0.3, 0.4) is 0 Å². The Morgan fingerprint density at radius 3 is 1.04 bits per heavy atom. The average molecular weight is 1280 g/mol. The fourth-order valence-corrected chi connectivity index (χ4v) is 62.2. The maximum atomic E-state index is 15.5. The topological polar surface area (TPSA) is 142 Å². The van der Waals surface area contributed by atoms with E-state index in [1.54, 1.807) is 14.2 Å². The number of nitrogens with zero attached hydrogens (tertiary/aromatic N) is 2. The molecule has 0 N–H and O–H groups in total. The molecule has 6 aliphatic rings. The molecule has 6 aliphatic heterocycles. The number of ether oxygens (including phenoxy) is 2. The van der Waals surface area contributed by atoms with Gasteiger partial charge in [-0.1, -0.05) is 0 Å². The minimum absolute atomic E-state index is 0.296. The van der Waals surface area contributed by atoms with Gasteiger partial charge in [0, 0.05) is 0 Å². The van der Waals surface area contributed by atoms with Gasteiger partial charge in [-0.3, -0.25) is 0 Å². The molecule has 6 heterocycles. The van der Waals surface area contributed by atoms with E-state index in [9.17, 15) is 0 Å². The Bertz CT molecular complexity index is 1610. The fraction of sp³-hybridized carbons (Fsp3) is 0.708. The van der Waals surface area contributed by atoms with Gasteiger partial charge in [0.15, 0.2) is 0 Å². The van der Waals surface area contributed by atoms with E-state index in [4.69, 9.17) is 39.6 Å². The molecule has 8 rings (SSSR count). The van der Waals surface area contributed by atoms with Crippen molar-refractivity contribution in [3.8, 4) is 11.5 Å². The van der Waals surface area contributed by atoms with Crippen molar-refractivity contribution in [2.45, 2.75) is 119 Å². The summed E-state index contributed by atoms with van der Waals surface area (Å²) < 4.78 is 75.9. The van der Waals surface area contributed by atoms with E-state index in [2.05, 4.69) is 37.5 Å². The summed E-state index contributed by atoms with van der Waals surface area (Å²) in [5, 5.41) is 0.592. The van der Waals surface area contributed by atoms with Crippen LogP contribution in [-0.2, 0) is 39.7 Å². The van der Waals surface area contributed by atoms with Gasteiger partial charge in [0.1, 0.15) is 0 Å². The van der Waals surface area contributed by atoms with E-state index in [-0.39, 0.29) is 11.9 Å². The van der Waals surface area contributed by atoms with Crippen LogP contribution in [0.2, 0.25) is 28.3 Å². The zero-order valence-corrected chi connectivity index (χ0v) is 51.3. The standard InChI is InChI=1S/2C16H23GeNO6.4C4H9.O.2Sn/c2*1-21-14-4-2-13(3-5-14)15(16(19)20)12-17-22-9-6-18(7-10-23-17)8-11-24-17;4*1-3-4-2;;;/h2*2-5,15H,6-12H2,1H3,(H,19,20);4*1,3-4H2,2H3;;;/q;;;;;;;2*+1/p-2. The Hall–Kier alpha value is -0.697. The van der Waals surface area contributed by atoms with Crippen molar-refractivity contribution in [1.82, 2.24) is 9.80 Å². The quantitative estimate of drug-likeness (QED) is 0.0832. The third-order valence-corrected chi connectivity index (χ3v) is 57.8. The zero-order valence-electron chi connectivity index (χ0n) is 41.4. The number of unbranched alkanes of at least 4 members (excludes halogenated alkanes) is 4. The van der Waals surface area contributed by atoms with Crippen LogP contribution in [0.4, 0.5) is 0 Å². The first-order chi connectivity index (χ1) is 32.6. The van der Waals surface area contributed by atoms with Gasteiger partial charge in [-0.15, -0.1) is 0 Å². The van der Waals surface area contributed by atoms with Crippen molar-refractivity contribution < 1.29 is 49.2 Å². The fourth-order valence-electron chi connectivity index (χ4n) is 9.44. The molecule has 4 bridgehead atoms. The summed E-state index contributed by atoms with van der Waals surface area (Å²) in [6, 6.07) is 15.3. The van der Waals surface area contributed by atoms with Crippen LogP contribution in [0, 0.1) is 0 Å². The van der Waals surface area contributed by atoms with Gasteiger partial charge in [-0.2, -0.15) is 0 Å². The third-order valence-electron chi connectivity index (χ3n) is 13.5. The first-order valence-corrected chi connectivity index (χ1v) is 46.1. The van der Waals surface area contributed by atoms with Gasteiger partial charge >= 0.3 is 421 Å². The number of fused-ring (bicyclic) bond motifs is 12. The molecule has 0 aliphatic carbocycles. The number of hydrogen-bond acceptors (Lipinski definition) is 15. The van der Waals surface area contributed by atoms with E-state index in [0.29, 0.717) is 79.4 Å².